The number of amides is 1. The summed E-state index contributed by atoms with van der Waals surface area (Å²) in [6.07, 6.45) is 2.06. The number of carbonyl (C=O) groups excluding carboxylic acids is 1. The van der Waals surface area contributed by atoms with E-state index in [1.165, 1.54) is 5.56 Å². The highest BCUT2D eigenvalue weighted by Crippen LogP contribution is 2.15. The predicted molar refractivity (Wildman–Crippen MR) is 98.2 cm³/mol. The molecule has 0 aliphatic carbocycles. The zero-order chi connectivity index (χ0) is 17.2. The van der Waals surface area contributed by atoms with Crippen LogP contribution in [-0.4, -0.2) is 19.1 Å². The van der Waals surface area contributed by atoms with E-state index in [1.807, 2.05) is 49.4 Å². The lowest BCUT2D eigenvalue weighted by Gasteiger charge is -2.13. The third-order valence-electron chi connectivity index (χ3n) is 3.81. The van der Waals surface area contributed by atoms with E-state index in [9.17, 15) is 4.79 Å². The van der Waals surface area contributed by atoms with E-state index >= 15 is 0 Å². The topological polar surface area (TPSA) is 38.3 Å². The van der Waals surface area contributed by atoms with Crippen molar-refractivity contribution in [2.45, 2.75) is 32.3 Å². The summed E-state index contributed by atoms with van der Waals surface area (Å²) in [6.45, 7) is 3.30. The number of hydrogen-bond acceptors (Lipinski definition) is 2. The van der Waals surface area contributed by atoms with Gasteiger partial charge in [0.05, 0.1) is 6.10 Å². The largest absolute Gasteiger partial charge is 0.374 e. The van der Waals surface area contributed by atoms with Gasteiger partial charge in [0.2, 0.25) is 5.91 Å². The number of hydrogen-bond donors (Lipinski definition) is 1. The van der Waals surface area contributed by atoms with Crippen molar-refractivity contribution in [1.29, 1.82) is 0 Å². The summed E-state index contributed by atoms with van der Waals surface area (Å²) < 4.78 is 5.79. The molecule has 2 aromatic carbocycles. The number of ether oxygens (including phenoxy) is 1. The van der Waals surface area contributed by atoms with E-state index in [4.69, 9.17) is 16.3 Å². The maximum atomic E-state index is 11.8. The fourth-order valence-corrected chi connectivity index (χ4v) is 2.63. The van der Waals surface area contributed by atoms with Crippen LogP contribution in [0.2, 0.25) is 5.02 Å². The Balaban J connectivity index is 1.56. The molecule has 1 unspecified atom stereocenters. The van der Waals surface area contributed by atoms with Gasteiger partial charge in [-0.2, -0.15) is 0 Å². The molecule has 2 rings (SSSR count). The minimum atomic E-state index is 0.0612. The van der Waals surface area contributed by atoms with E-state index in [-0.39, 0.29) is 12.0 Å². The second kappa shape index (κ2) is 10.1. The van der Waals surface area contributed by atoms with E-state index in [0.717, 1.165) is 12.0 Å². The highest BCUT2D eigenvalue weighted by atomic mass is 35.5. The van der Waals surface area contributed by atoms with Gasteiger partial charge in [0.25, 0.3) is 0 Å². The second-order valence-corrected chi connectivity index (χ2v) is 6.19. The van der Waals surface area contributed by atoms with Gasteiger partial charge in [0.15, 0.2) is 0 Å². The number of halogens is 1. The van der Waals surface area contributed by atoms with Crippen LogP contribution in [0.15, 0.2) is 54.6 Å². The van der Waals surface area contributed by atoms with E-state index < -0.39 is 0 Å². The molecule has 0 saturated carbocycles. The Bertz CT molecular complexity index is 631. The number of rotatable bonds is 9. The molecule has 4 heteroatoms. The van der Waals surface area contributed by atoms with Gasteiger partial charge in [-0.1, -0.05) is 54.1 Å². The molecule has 0 spiro atoms. The molecule has 128 valence electrons. The zero-order valence-corrected chi connectivity index (χ0v) is 14.8. The zero-order valence-electron chi connectivity index (χ0n) is 14.0. The molecule has 0 heterocycles. The molecule has 2 aromatic rings. The normalized spacial score (nSPS) is 11.9. The summed E-state index contributed by atoms with van der Waals surface area (Å²) in [6, 6.07) is 17.7. The van der Waals surface area contributed by atoms with Gasteiger partial charge in [-0.3, -0.25) is 4.79 Å². The molecule has 1 amide bonds. The molecule has 3 nitrogen and oxygen atoms in total. The maximum absolute atomic E-state index is 11.8. The molecule has 1 N–H and O–H groups in total. The molecule has 0 radical (unpaired) electrons. The highest BCUT2D eigenvalue weighted by molar-refractivity contribution is 6.30. The lowest BCUT2D eigenvalue weighted by Crippen LogP contribution is -2.25. The van der Waals surface area contributed by atoms with Crippen LogP contribution in [0.4, 0.5) is 0 Å². The van der Waals surface area contributed by atoms with Crippen molar-refractivity contribution in [2.24, 2.45) is 0 Å². The van der Waals surface area contributed by atoms with Gasteiger partial charge in [-0.25, -0.2) is 0 Å². The van der Waals surface area contributed by atoms with E-state index in [2.05, 4.69) is 17.4 Å². The molecular weight excluding hydrogens is 322 g/mol. The van der Waals surface area contributed by atoms with Crippen LogP contribution in [0.5, 0.6) is 0 Å². The average molecular weight is 346 g/mol. The first-order chi connectivity index (χ1) is 11.6. The molecule has 0 aliphatic rings. The Morgan fingerprint density at radius 1 is 1.17 bits per heavy atom. The van der Waals surface area contributed by atoms with Crippen molar-refractivity contribution in [1.82, 2.24) is 5.32 Å². The van der Waals surface area contributed by atoms with Crippen LogP contribution >= 0.6 is 11.6 Å². The SMILES string of the molecule is CC(OCCCNC(=O)CCc1cccc(Cl)c1)c1ccccc1. The Labute approximate surface area is 149 Å². The third kappa shape index (κ3) is 6.73. The lowest BCUT2D eigenvalue weighted by molar-refractivity contribution is -0.121. The minimum absolute atomic E-state index is 0.0612. The molecule has 0 saturated heterocycles. The van der Waals surface area contributed by atoms with Crippen molar-refractivity contribution in [3.05, 3.63) is 70.7 Å². The second-order valence-electron chi connectivity index (χ2n) is 5.76. The van der Waals surface area contributed by atoms with Crippen LogP contribution in [0.1, 0.15) is 37.0 Å². The monoisotopic (exact) mass is 345 g/mol. The number of aryl methyl sites for hydroxylation is 1. The molecule has 24 heavy (non-hydrogen) atoms. The first kappa shape index (κ1) is 18.5. The highest BCUT2D eigenvalue weighted by Gasteiger charge is 2.05. The quantitative estimate of drug-likeness (QED) is 0.677. The number of nitrogens with one attached hydrogen (secondary N) is 1. The Morgan fingerprint density at radius 3 is 2.71 bits per heavy atom. The summed E-state index contributed by atoms with van der Waals surface area (Å²) >= 11 is 5.93. The van der Waals surface area contributed by atoms with E-state index in [0.29, 0.717) is 31.0 Å². The predicted octanol–water partition coefficient (Wildman–Crippen LogP) is 4.56. The van der Waals surface area contributed by atoms with Gasteiger partial charge >= 0.3 is 0 Å². The summed E-state index contributed by atoms with van der Waals surface area (Å²) in [5, 5.41) is 3.64. The van der Waals surface area contributed by atoms with Crippen molar-refractivity contribution in [2.75, 3.05) is 13.2 Å². The van der Waals surface area contributed by atoms with Crippen LogP contribution in [0.3, 0.4) is 0 Å². The summed E-state index contributed by atoms with van der Waals surface area (Å²) in [4.78, 5) is 11.8. The Hall–Kier alpha value is -1.84. The van der Waals surface area contributed by atoms with Gasteiger partial charge in [0.1, 0.15) is 0 Å². The fourth-order valence-electron chi connectivity index (χ4n) is 2.42. The van der Waals surface area contributed by atoms with Crippen molar-refractivity contribution < 1.29 is 9.53 Å². The van der Waals surface area contributed by atoms with Crippen LogP contribution in [0.25, 0.3) is 0 Å². The van der Waals surface area contributed by atoms with Crippen molar-refractivity contribution >= 4 is 17.5 Å². The first-order valence-electron chi connectivity index (χ1n) is 8.33. The lowest BCUT2D eigenvalue weighted by atomic mass is 10.1. The summed E-state index contributed by atoms with van der Waals surface area (Å²) in [5.74, 6) is 0.0612. The molecule has 1 atom stereocenters. The number of benzene rings is 2. The van der Waals surface area contributed by atoms with Gasteiger partial charge in [-0.15, -0.1) is 0 Å². The first-order valence-corrected chi connectivity index (χ1v) is 8.70. The Kier molecular flexibility index (Phi) is 7.80. The average Bonchev–Trinajstić information content (AvgIpc) is 2.60. The van der Waals surface area contributed by atoms with E-state index in [1.54, 1.807) is 0 Å². The van der Waals surface area contributed by atoms with Gasteiger partial charge in [0, 0.05) is 24.6 Å². The van der Waals surface area contributed by atoms with Gasteiger partial charge < -0.3 is 10.1 Å². The Morgan fingerprint density at radius 2 is 1.96 bits per heavy atom. The summed E-state index contributed by atoms with van der Waals surface area (Å²) in [5.41, 5.74) is 2.25. The van der Waals surface area contributed by atoms with Crippen LogP contribution in [0, 0.1) is 0 Å². The van der Waals surface area contributed by atoms with Crippen LogP contribution in [-0.2, 0) is 16.0 Å². The molecule has 0 aliphatic heterocycles. The standard InChI is InChI=1S/C20H24ClNO2/c1-16(18-8-3-2-4-9-18)24-14-6-13-22-20(23)12-11-17-7-5-10-19(21)15-17/h2-5,7-10,15-16H,6,11-14H2,1H3,(H,22,23). The minimum Gasteiger partial charge on any atom is -0.374 e. The fraction of sp³-hybridized carbons (Fsp3) is 0.350. The molecular formula is C20H24ClNO2. The maximum Gasteiger partial charge on any atom is 0.220 e. The molecule has 0 fully saturated rings. The summed E-state index contributed by atoms with van der Waals surface area (Å²) in [7, 11) is 0. The van der Waals surface area contributed by atoms with Crippen LogP contribution < -0.4 is 5.32 Å². The number of carbonyl (C=O) groups is 1. The van der Waals surface area contributed by atoms with Crippen molar-refractivity contribution in [3.63, 3.8) is 0 Å². The van der Waals surface area contributed by atoms with Gasteiger partial charge in [-0.05, 0) is 43.0 Å². The molecule has 0 aromatic heterocycles. The molecule has 0 bridgehead atoms. The van der Waals surface area contributed by atoms with Crippen molar-refractivity contribution in [3.8, 4) is 0 Å². The smallest absolute Gasteiger partial charge is 0.220 e. The third-order valence-corrected chi connectivity index (χ3v) is 4.04.